The van der Waals surface area contributed by atoms with Gasteiger partial charge in [0.1, 0.15) is 5.82 Å². The minimum Gasteiger partial charge on any atom is -0.384 e. The number of hydrogen-bond acceptors (Lipinski definition) is 9. The maximum absolute atomic E-state index is 13.2. The van der Waals surface area contributed by atoms with Crippen molar-refractivity contribution in [1.82, 2.24) is 20.0 Å². The molecule has 2 aliphatic rings. The second-order valence-electron chi connectivity index (χ2n) is 7.86. The monoisotopic (exact) mass is 455 g/mol. The number of rotatable bonds is 5. The number of allylic oxidation sites excluding steroid dienone is 3. The van der Waals surface area contributed by atoms with Crippen LogP contribution in [-0.4, -0.2) is 31.0 Å². The highest BCUT2D eigenvalue weighted by Crippen LogP contribution is 2.47. The van der Waals surface area contributed by atoms with Crippen LogP contribution in [0.15, 0.2) is 33.2 Å². The van der Waals surface area contributed by atoms with E-state index in [1.54, 1.807) is 16.7 Å². The Kier molecular flexibility index (Phi) is 5.90. The first-order valence-corrected chi connectivity index (χ1v) is 12.1. The summed E-state index contributed by atoms with van der Waals surface area (Å²) in [6.45, 7) is 8.82. The van der Waals surface area contributed by atoms with E-state index in [1.165, 1.54) is 11.3 Å². The van der Waals surface area contributed by atoms with Gasteiger partial charge in [-0.3, -0.25) is 14.4 Å². The number of carbonyl (C=O) groups excluding carboxylic acids is 1. The maximum atomic E-state index is 13.2. The molecule has 1 atom stereocenters. The third-order valence-corrected chi connectivity index (χ3v) is 7.45. The number of hydrogen-bond donors (Lipinski definition) is 1. The molecule has 2 aromatic heterocycles. The van der Waals surface area contributed by atoms with E-state index in [-0.39, 0.29) is 5.78 Å². The molecule has 0 amide bonds. The molecule has 31 heavy (non-hydrogen) atoms. The molecule has 1 unspecified atom stereocenters. The molecule has 2 N–H and O–H groups in total. The van der Waals surface area contributed by atoms with E-state index in [9.17, 15) is 10.1 Å². The molecule has 1 aliphatic heterocycles. The molecule has 8 nitrogen and oxygen atoms in total. The van der Waals surface area contributed by atoms with Crippen LogP contribution < -0.4 is 10.6 Å². The van der Waals surface area contributed by atoms with E-state index < -0.39 is 5.92 Å². The van der Waals surface area contributed by atoms with Gasteiger partial charge in [0.2, 0.25) is 5.13 Å². The zero-order valence-electron chi connectivity index (χ0n) is 18.0. The van der Waals surface area contributed by atoms with Gasteiger partial charge in [0.05, 0.1) is 23.3 Å². The fraction of sp³-hybridized carbons (Fsp3) is 0.476. The third kappa shape index (κ3) is 3.77. The van der Waals surface area contributed by atoms with E-state index in [4.69, 9.17) is 5.73 Å². The van der Waals surface area contributed by atoms with Gasteiger partial charge in [-0.1, -0.05) is 36.9 Å². The number of nitrogens with zero attached hydrogens (tertiary/aromatic N) is 6. The highest BCUT2D eigenvalue weighted by atomic mass is 32.2. The van der Waals surface area contributed by atoms with E-state index >= 15 is 0 Å². The minimum absolute atomic E-state index is 0.0569. The number of ketones is 1. The number of anilines is 1. The fourth-order valence-electron chi connectivity index (χ4n) is 4.14. The third-order valence-electron chi connectivity index (χ3n) is 5.46. The molecule has 0 saturated heterocycles. The number of nitrogens with two attached hydrogens (primary N) is 1. The smallest absolute Gasteiger partial charge is 0.219 e. The van der Waals surface area contributed by atoms with Gasteiger partial charge in [0.25, 0.3) is 0 Å². The average Bonchev–Trinajstić information content (AvgIpc) is 3.33. The van der Waals surface area contributed by atoms with Gasteiger partial charge in [-0.05, 0) is 26.7 Å². The number of aryl methyl sites for hydroxylation is 2. The van der Waals surface area contributed by atoms with E-state index in [2.05, 4.69) is 35.2 Å². The number of aromatic nitrogens is 4. The Bertz CT molecular complexity index is 1140. The zero-order chi connectivity index (χ0) is 22.3. The molecule has 0 bridgehead atoms. The standard InChI is InChI=1S/C21H25N7OS2/c1-5-27-10-14(12(4)26-27)17-13(9-22)19(23)28(15-7-6-8-16(29)18(15)17)20-24-25-21(31-20)30-11(2)3/h10-11,17H,5-8,23H2,1-4H3. The first-order chi connectivity index (χ1) is 14.8. The van der Waals surface area contributed by atoms with Crippen molar-refractivity contribution < 1.29 is 4.79 Å². The molecule has 1 aliphatic carbocycles. The molecule has 0 saturated carbocycles. The van der Waals surface area contributed by atoms with Crippen LogP contribution in [0.5, 0.6) is 0 Å². The molecule has 0 radical (unpaired) electrons. The number of Topliss-reactive ketones (excluding diaryl/α,β-unsaturated/α-hetero) is 1. The maximum Gasteiger partial charge on any atom is 0.219 e. The Balaban J connectivity index is 1.89. The van der Waals surface area contributed by atoms with Gasteiger partial charge in [0, 0.05) is 41.2 Å². The Morgan fingerprint density at radius 2 is 2.16 bits per heavy atom. The SMILES string of the molecule is CCn1cc(C2C(C#N)=C(N)N(c3nnc(SC(C)C)s3)C3=C2C(=O)CCC3)c(C)n1. The molecule has 0 spiro atoms. The van der Waals surface area contributed by atoms with Gasteiger partial charge < -0.3 is 5.73 Å². The van der Waals surface area contributed by atoms with Crippen LogP contribution in [0.2, 0.25) is 0 Å². The molecule has 162 valence electrons. The lowest BCUT2D eigenvalue weighted by atomic mass is 9.76. The van der Waals surface area contributed by atoms with Crippen LogP contribution in [0.4, 0.5) is 5.13 Å². The second-order valence-corrected chi connectivity index (χ2v) is 10.6. The summed E-state index contributed by atoms with van der Waals surface area (Å²) in [5, 5.41) is 24.2. The van der Waals surface area contributed by atoms with Crippen LogP contribution in [0.3, 0.4) is 0 Å². The normalized spacial score (nSPS) is 19.3. The summed E-state index contributed by atoms with van der Waals surface area (Å²) in [6.07, 6.45) is 3.84. The van der Waals surface area contributed by atoms with Crippen LogP contribution in [-0.2, 0) is 11.3 Å². The summed E-state index contributed by atoms with van der Waals surface area (Å²) in [5.74, 6) is -0.120. The summed E-state index contributed by atoms with van der Waals surface area (Å²) < 4.78 is 2.67. The van der Waals surface area contributed by atoms with Crippen molar-refractivity contribution in [2.75, 3.05) is 4.90 Å². The molecule has 4 rings (SSSR count). The Morgan fingerprint density at radius 3 is 2.81 bits per heavy atom. The number of carbonyl (C=O) groups is 1. The first kappa shape index (κ1) is 21.6. The number of nitriles is 1. The summed E-state index contributed by atoms with van der Waals surface area (Å²) in [4.78, 5) is 15.0. The Morgan fingerprint density at radius 1 is 1.39 bits per heavy atom. The second kappa shape index (κ2) is 8.48. The molecular weight excluding hydrogens is 430 g/mol. The first-order valence-electron chi connectivity index (χ1n) is 10.4. The van der Waals surface area contributed by atoms with Crippen molar-refractivity contribution in [3.05, 3.63) is 40.1 Å². The Hall–Kier alpha value is -2.64. The van der Waals surface area contributed by atoms with E-state index in [0.29, 0.717) is 46.7 Å². The zero-order valence-corrected chi connectivity index (χ0v) is 19.7. The van der Waals surface area contributed by atoms with Gasteiger partial charge in [-0.2, -0.15) is 10.4 Å². The highest BCUT2D eigenvalue weighted by molar-refractivity contribution is 8.01. The van der Waals surface area contributed by atoms with Crippen molar-refractivity contribution >= 4 is 34.0 Å². The number of thioether (sulfide) groups is 1. The van der Waals surface area contributed by atoms with Crippen molar-refractivity contribution in [1.29, 1.82) is 5.26 Å². The van der Waals surface area contributed by atoms with Crippen molar-refractivity contribution in [2.24, 2.45) is 5.73 Å². The molecule has 0 fully saturated rings. The largest absolute Gasteiger partial charge is 0.384 e. The predicted octanol–water partition coefficient (Wildman–Crippen LogP) is 3.87. The van der Waals surface area contributed by atoms with E-state index in [0.717, 1.165) is 27.7 Å². The fourth-order valence-corrected chi connectivity index (χ4v) is 6.24. The quantitative estimate of drug-likeness (QED) is 0.676. The van der Waals surface area contributed by atoms with Gasteiger partial charge in [-0.15, -0.1) is 10.2 Å². The summed E-state index contributed by atoms with van der Waals surface area (Å²) in [5.41, 5.74) is 10.1. The molecule has 10 heteroatoms. The van der Waals surface area contributed by atoms with Crippen molar-refractivity contribution in [3.63, 3.8) is 0 Å². The van der Waals surface area contributed by atoms with Crippen molar-refractivity contribution in [2.45, 2.75) is 69.0 Å². The summed E-state index contributed by atoms with van der Waals surface area (Å²) in [7, 11) is 0. The molecular formula is C21H25N7OS2. The molecule has 2 aromatic rings. The predicted molar refractivity (Wildman–Crippen MR) is 121 cm³/mol. The average molecular weight is 456 g/mol. The summed E-state index contributed by atoms with van der Waals surface area (Å²) in [6, 6.07) is 2.29. The van der Waals surface area contributed by atoms with Gasteiger partial charge in [0.15, 0.2) is 10.1 Å². The molecule has 3 heterocycles. The summed E-state index contributed by atoms with van der Waals surface area (Å²) >= 11 is 3.06. The van der Waals surface area contributed by atoms with Gasteiger partial charge >= 0.3 is 0 Å². The Labute approximate surface area is 189 Å². The van der Waals surface area contributed by atoms with Crippen LogP contribution in [0.1, 0.15) is 57.2 Å². The molecule has 0 aromatic carbocycles. The van der Waals surface area contributed by atoms with E-state index in [1.807, 2.05) is 24.7 Å². The minimum atomic E-state index is -0.498. The van der Waals surface area contributed by atoms with Crippen molar-refractivity contribution in [3.8, 4) is 6.07 Å². The van der Waals surface area contributed by atoms with Gasteiger partial charge in [-0.25, -0.2) is 0 Å². The van der Waals surface area contributed by atoms with Crippen LogP contribution in [0, 0.1) is 18.3 Å². The lowest BCUT2D eigenvalue weighted by Gasteiger charge is -2.37. The highest BCUT2D eigenvalue weighted by Gasteiger charge is 2.42. The van der Waals surface area contributed by atoms with Crippen LogP contribution >= 0.6 is 23.1 Å². The van der Waals surface area contributed by atoms with Crippen LogP contribution in [0.25, 0.3) is 0 Å². The lowest BCUT2D eigenvalue weighted by Crippen LogP contribution is -2.38. The lowest BCUT2D eigenvalue weighted by molar-refractivity contribution is -0.116. The topological polar surface area (TPSA) is 114 Å².